The zero-order chi connectivity index (χ0) is 21.2. The van der Waals surface area contributed by atoms with Crippen molar-refractivity contribution in [1.82, 2.24) is 20.0 Å². The van der Waals surface area contributed by atoms with Gasteiger partial charge in [-0.2, -0.15) is 9.97 Å². The molecule has 1 unspecified atom stereocenters. The number of aromatic nitrogens is 3. The van der Waals surface area contributed by atoms with Crippen LogP contribution in [-0.2, 0) is 4.74 Å². The van der Waals surface area contributed by atoms with Crippen LogP contribution < -0.4 is 5.32 Å². The maximum atomic E-state index is 13.5. The van der Waals surface area contributed by atoms with E-state index in [0.29, 0.717) is 60.7 Å². The molecule has 1 aliphatic heterocycles. The monoisotopic (exact) mass is 419 g/mol. The number of hydrogen-bond donors (Lipinski definition) is 1. The second kappa shape index (κ2) is 8.19. The molecule has 9 nitrogen and oxygen atoms in total. The van der Waals surface area contributed by atoms with E-state index in [4.69, 9.17) is 13.7 Å². The van der Waals surface area contributed by atoms with Crippen molar-refractivity contribution in [2.45, 2.75) is 13.0 Å². The van der Waals surface area contributed by atoms with Crippen molar-refractivity contribution in [1.29, 1.82) is 0 Å². The van der Waals surface area contributed by atoms with Gasteiger partial charge in [0.05, 0.1) is 30.4 Å². The third-order valence-corrected chi connectivity index (χ3v) is 5.19. The molecule has 158 valence electrons. The highest BCUT2D eigenvalue weighted by Gasteiger charge is 2.30. The SMILES string of the molecule is Cc1noc(-c2ccccc2C(=O)N2CCOCC2CNc2nc3ccccc3o2)n1. The number of anilines is 1. The highest BCUT2D eigenvalue weighted by atomic mass is 16.5. The summed E-state index contributed by atoms with van der Waals surface area (Å²) >= 11 is 0. The predicted octanol–water partition coefficient (Wildman–Crippen LogP) is 3.14. The van der Waals surface area contributed by atoms with Crippen LogP contribution >= 0.6 is 0 Å². The zero-order valence-electron chi connectivity index (χ0n) is 16.9. The number of ether oxygens (including phenoxy) is 1. The molecule has 3 heterocycles. The van der Waals surface area contributed by atoms with Crippen molar-refractivity contribution in [2.24, 2.45) is 0 Å². The number of hydrogen-bond acceptors (Lipinski definition) is 8. The number of benzene rings is 2. The van der Waals surface area contributed by atoms with Crippen LogP contribution in [0.3, 0.4) is 0 Å². The Kier molecular flexibility index (Phi) is 5.09. The third kappa shape index (κ3) is 3.87. The van der Waals surface area contributed by atoms with Gasteiger partial charge in [-0.15, -0.1) is 0 Å². The van der Waals surface area contributed by atoms with Crippen molar-refractivity contribution >= 4 is 23.0 Å². The molecule has 1 aliphatic rings. The third-order valence-electron chi connectivity index (χ3n) is 5.19. The number of nitrogens with zero attached hydrogens (tertiary/aromatic N) is 4. The molecule has 1 saturated heterocycles. The van der Waals surface area contributed by atoms with Gasteiger partial charge in [0.2, 0.25) is 0 Å². The number of morpholine rings is 1. The van der Waals surface area contributed by atoms with Crippen molar-refractivity contribution < 1.29 is 18.5 Å². The van der Waals surface area contributed by atoms with E-state index in [2.05, 4.69) is 20.4 Å². The van der Waals surface area contributed by atoms with Gasteiger partial charge in [-0.3, -0.25) is 4.79 Å². The lowest BCUT2D eigenvalue weighted by Gasteiger charge is -2.35. The highest BCUT2D eigenvalue weighted by molar-refractivity contribution is 6.00. The first-order valence-electron chi connectivity index (χ1n) is 10.1. The number of aryl methyl sites for hydroxylation is 1. The average Bonchev–Trinajstić information content (AvgIpc) is 3.43. The molecule has 4 aromatic rings. The van der Waals surface area contributed by atoms with Gasteiger partial charge in [0, 0.05) is 13.1 Å². The lowest BCUT2D eigenvalue weighted by molar-refractivity contribution is 0.00189. The van der Waals surface area contributed by atoms with Crippen LogP contribution in [0.1, 0.15) is 16.2 Å². The molecule has 5 rings (SSSR count). The van der Waals surface area contributed by atoms with Gasteiger partial charge in [0.25, 0.3) is 17.8 Å². The molecule has 2 aromatic carbocycles. The highest BCUT2D eigenvalue weighted by Crippen LogP contribution is 2.25. The molecule has 0 bridgehead atoms. The fraction of sp³-hybridized carbons (Fsp3) is 0.273. The van der Waals surface area contributed by atoms with Crippen LogP contribution in [-0.4, -0.2) is 58.3 Å². The minimum absolute atomic E-state index is 0.112. The van der Waals surface area contributed by atoms with E-state index < -0.39 is 0 Å². The van der Waals surface area contributed by atoms with Crippen LogP contribution in [0.4, 0.5) is 6.01 Å². The molecule has 1 amide bonds. The second-order valence-corrected chi connectivity index (χ2v) is 7.29. The number of carbonyl (C=O) groups excluding carboxylic acids is 1. The van der Waals surface area contributed by atoms with Crippen LogP contribution in [0, 0.1) is 6.92 Å². The van der Waals surface area contributed by atoms with Gasteiger partial charge in [-0.1, -0.05) is 29.4 Å². The minimum atomic E-state index is -0.186. The average molecular weight is 419 g/mol. The minimum Gasteiger partial charge on any atom is -0.424 e. The Morgan fingerprint density at radius 1 is 1.16 bits per heavy atom. The van der Waals surface area contributed by atoms with E-state index in [-0.39, 0.29) is 11.9 Å². The summed E-state index contributed by atoms with van der Waals surface area (Å²) in [5, 5.41) is 7.04. The maximum absolute atomic E-state index is 13.5. The normalized spacial score (nSPS) is 16.5. The summed E-state index contributed by atoms with van der Waals surface area (Å²) in [7, 11) is 0. The fourth-order valence-corrected chi connectivity index (χ4v) is 3.66. The molecule has 0 saturated carbocycles. The van der Waals surface area contributed by atoms with E-state index in [1.807, 2.05) is 42.5 Å². The maximum Gasteiger partial charge on any atom is 0.295 e. The Morgan fingerprint density at radius 2 is 2.00 bits per heavy atom. The molecule has 9 heteroatoms. The molecular formula is C22H21N5O4. The fourth-order valence-electron chi connectivity index (χ4n) is 3.66. The summed E-state index contributed by atoms with van der Waals surface area (Å²) in [6.07, 6.45) is 0. The number of oxazole rings is 1. The number of nitrogens with one attached hydrogen (secondary N) is 1. The van der Waals surface area contributed by atoms with E-state index in [1.165, 1.54) is 0 Å². The van der Waals surface area contributed by atoms with Gasteiger partial charge in [-0.05, 0) is 31.2 Å². The van der Waals surface area contributed by atoms with Crippen LogP contribution in [0.15, 0.2) is 57.5 Å². The lowest BCUT2D eigenvalue weighted by atomic mass is 10.0. The van der Waals surface area contributed by atoms with E-state index in [1.54, 1.807) is 17.9 Å². The zero-order valence-corrected chi connectivity index (χ0v) is 16.9. The quantitative estimate of drug-likeness (QED) is 0.526. The molecule has 1 N–H and O–H groups in total. The van der Waals surface area contributed by atoms with E-state index in [9.17, 15) is 4.79 Å². The van der Waals surface area contributed by atoms with Gasteiger partial charge in [-0.25, -0.2) is 0 Å². The van der Waals surface area contributed by atoms with Gasteiger partial charge in [0.1, 0.15) is 5.52 Å². The van der Waals surface area contributed by atoms with Crippen molar-refractivity contribution in [2.75, 3.05) is 31.6 Å². The van der Waals surface area contributed by atoms with Gasteiger partial charge >= 0.3 is 0 Å². The molecule has 31 heavy (non-hydrogen) atoms. The first-order valence-corrected chi connectivity index (χ1v) is 10.1. The molecule has 0 spiro atoms. The van der Waals surface area contributed by atoms with Crippen molar-refractivity contribution in [3.8, 4) is 11.5 Å². The molecule has 1 fully saturated rings. The number of para-hydroxylation sites is 2. The first-order chi connectivity index (χ1) is 15.2. The number of fused-ring (bicyclic) bond motifs is 1. The molecule has 1 atom stereocenters. The number of amides is 1. The first kappa shape index (κ1) is 19.3. The number of carbonyl (C=O) groups is 1. The molecule has 2 aromatic heterocycles. The van der Waals surface area contributed by atoms with E-state index in [0.717, 1.165) is 5.52 Å². The molecule has 0 aliphatic carbocycles. The van der Waals surface area contributed by atoms with Crippen LogP contribution in [0.2, 0.25) is 0 Å². The topological polar surface area (TPSA) is 107 Å². The van der Waals surface area contributed by atoms with Gasteiger partial charge < -0.3 is 23.9 Å². The Labute approximate surface area is 178 Å². The van der Waals surface area contributed by atoms with Crippen molar-refractivity contribution in [3.63, 3.8) is 0 Å². The van der Waals surface area contributed by atoms with E-state index >= 15 is 0 Å². The summed E-state index contributed by atoms with van der Waals surface area (Å²) in [6, 6.07) is 15.0. The predicted molar refractivity (Wildman–Crippen MR) is 113 cm³/mol. The summed E-state index contributed by atoms with van der Waals surface area (Å²) in [5.74, 6) is 0.735. The second-order valence-electron chi connectivity index (χ2n) is 7.29. The standard InChI is InChI=1S/C22H21N5O4/c1-14-24-20(31-26-14)16-6-2-3-7-17(16)21(28)27-10-11-29-13-15(27)12-23-22-25-18-8-4-5-9-19(18)30-22/h2-9,15H,10-13H2,1H3,(H,23,25). The van der Waals surface area contributed by atoms with Crippen molar-refractivity contribution in [3.05, 3.63) is 59.9 Å². The summed E-state index contributed by atoms with van der Waals surface area (Å²) in [5.41, 5.74) is 2.62. The Morgan fingerprint density at radius 3 is 2.84 bits per heavy atom. The smallest absolute Gasteiger partial charge is 0.295 e. The Bertz CT molecular complexity index is 1180. The number of rotatable bonds is 5. The van der Waals surface area contributed by atoms with Crippen LogP contribution in [0.5, 0.6) is 0 Å². The summed E-state index contributed by atoms with van der Waals surface area (Å²) in [4.78, 5) is 24.0. The largest absolute Gasteiger partial charge is 0.424 e. The van der Waals surface area contributed by atoms with Gasteiger partial charge in [0.15, 0.2) is 11.4 Å². The molecular weight excluding hydrogens is 398 g/mol. The lowest BCUT2D eigenvalue weighted by Crippen LogP contribution is -2.51. The molecule has 0 radical (unpaired) electrons. The summed E-state index contributed by atoms with van der Waals surface area (Å²) < 4.78 is 16.7. The van der Waals surface area contributed by atoms with Crippen LogP contribution in [0.25, 0.3) is 22.6 Å². The summed E-state index contributed by atoms with van der Waals surface area (Å²) in [6.45, 7) is 3.57. The Balaban J connectivity index is 1.36. The Hall–Kier alpha value is -3.72.